The maximum absolute atomic E-state index is 5.91. The summed E-state index contributed by atoms with van der Waals surface area (Å²) < 4.78 is 5.32. The molecule has 0 aliphatic carbocycles. The van der Waals surface area contributed by atoms with Crippen LogP contribution >= 0.6 is 0 Å². The van der Waals surface area contributed by atoms with E-state index in [2.05, 4.69) is 48.3 Å². The van der Waals surface area contributed by atoms with Crippen molar-refractivity contribution in [3.63, 3.8) is 0 Å². The number of ether oxygens (including phenoxy) is 1. The number of benzene rings is 2. The molecule has 2 aromatic rings. The lowest BCUT2D eigenvalue weighted by Crippen LogP contribution is -2.34. The summed E-state index contributed by atoms with van der Waals surface area (Å²) in [5, 5.41) is 0. The van der Waals surface area contributed by atoms with Crippen LogP contribution in [0.2, 0.25) is 0 Å². The molecule has 24 heavy (non-hydrogen) atoms. The van der Waals surface area contributed by atoms with E-state index in [0.717, 1.165) is 25.1 Å². The zero-order valence-corrected chi connectivity index (χ0v) is 14.6. The first-order chi connectivity index (χ1) is 11.5. The van der Waals surface area contributed by atoms with Gasteiger partial charge in [0.05, 0.1) is 12.6 Å². The zero-order chi connectivity index (χ0) is 17.2. The summed E-state index contributed by atoms with van der Waals surface area (Å²) in [7, 11) is 3.69. The Morgan fingerprint density at radius 3 is 2.54 bits per heavy atom. The van der Waals surface area contributed by atoms with E-state index in [1.807, 2.05) is 24.1 Å². The maximum atomic E-state index is 5.91. The molecule has 1 aliphatic heterocycles. The van der Waals surface area contributed by atoms with E-state index in [9.17, 15) is 0 Å². The van der Waals surface area contributed by atoms with Crippen molar-refractivity contribution in [2.45, 2.75) is 25.3 Å². The number of aliphatic imine (C=N–C) groups is 1. The smallest absolute Gasteiger partial charge is 0.191 e. The molecule has 0 bridgehead atoms. The Balaban J connectivity index is 1.74. The Kier molecular flexibility index (Phi) is 4.47. The molecule has 1 unspecified atom stereocenters. The Bertz CT molecular complexity index is 756. The van der Waals surface area contributed by atoms with Crippen LogP contribution in [0.15, 0.2) is 53.5 Å². The number of likely N-dealkylation sites (N-methyl/N-ethyl adjacent to an activating group) is 1. The summed E-state index contributed by atoms with van der Waals surface area (Å²) >= 11 is 0. The van der Waals surface area contributed by atoms with Crippen LogP contribution in [0.3, 0.4) is 0 Å². The normalized spacial score (nSPS) is 20.1. The molecule has 0 saturated carbocycles. The summed E-state index contributed by atoms with van der Waals surface area (Å²) in [5.74, 6) is 1.52. The van der Waals surface area contributed by atoms with Crippen molar-refractivity contribution in [1.82, 2.24) is 4.90 Å². The third kappa shape index (κ3) is 3.53. The minimum atomic E-state index is -0.0925. The van der Waals surface area contributed by atoms with Crippen LogP contribution in [-0.4, -0.2) is 37.1 Å². The Hall–Kier alpha value is -2.49. The van der Waals surface area contributed by atoms with Crippen molar-refractivity contribution >= 4 is 5.96 Å². The van der Waals surface area contributed by atoms with E-state index in [-0.39, 0.29) is 5.54 Å². The van der Waals surface area contributed by atoms with Crippen LogP contribution in [0.5, 0.6) is 5.75 Å². The van der Waals surface area contributed by atoms with Crippen LogP contribution < -0.4 is 10.5 Å². The van der Waals surface area contributed by atoms with Crippen molar-refractivity contribution in [3.05, 3.63) is 54.1 Å². The predicted octanol–water partition coefficient (Wildman–Crippen LogP) is 3.31. The molecule has 0 fully saturated rings. The molecule has 4 heteroatoms. The number of nitrogens with zero attached hydrogens (tertiary/aromatic N) is 2. The van der Waals surface area contributed by atoms with Gasteiger partial charge < -0.3 is 15.4 Å². The number of nitrogens with two attached hydrogens (primary N) is 1. The van der Waals surface area contributed by atoms with Gasteiger partial charge in [0, 0.05) is 13.6 Å². The predicted molar refractivity (Wildman–Crippen MR) is 99.4 cm³/mol. The first-order valence-electron chi connectivity index (χ1n) is 8.29. The molecular weight excluding hydrogens is 298 g/mol. The summed E-state index contributed by atoms with van der Waals surface area (Å²) in [5.41, 5.74) is 9.52. The highest BCUT2D eigenvalue weighted by Crippen LogP contribution is 2.27. The molecule has 1 atom stereocenters. The van der Waals surface area contributed by atoms with E-state index >= 15 is 0 Å². The first-order valence-corrected chi connectivity index (χ1v) is 8.29. The number of hydrogen-bond acceptors (Lipinski definition) is 4. The largest absolute Gasteiger partial charge is 0.497 e. The summed E-state index contributed by atoms with van der Waals surface area (Å²) in [4.78, 5) is 6.64. The third-order valence-corrected chi connectivity index (χ3v) is 4.64. The average molecular weight is 323 g/mol. The number of rotatable bonds is 5. The van der Waals surface area contributed by atoms with Gasteiger partial charge in [-0.25, -0.2) is 4.99 Å². The molecule has 3 rings (SSSR count). The standard InChI is InChI=1S/C20H25N3O/c1-20(14-23(2)19(21)22-20)11-10-15-6-4-7-16(12-15)17-8-5-9-18(13-17)24-3/h4-9,12-13H,10-11,14H2,1-3H3,(H2,21,22). The number of aryl methyl sites for hydroxylation is 1. The summed E-state index contributed by atoms with van der Waals surface area (Å²) in [6.45, 7) is 3.06. The third-order valence-electron chi connectivity index (χ3n) is 4.64. The second-order valence-electron chi connectivity index (χ2n) is 6.76. The van der Waals surface area contributed by atoms with Crippen molar-refractivity contribution in [1.29, 1.82) is 0 Å². The molecule has 1 heterocycles. The van der Waals surface area contributed by atoms with E-state index in [1.54, 1.807) is 7.11 Å². The quantitative estimate of drug-likeness (QED) is 0.918. The Labute approximate surface area is 144 Å². The Morgan fingerprint density at radius 2 is 1.88 bits per heavy atom. The van der Waals surface area contributed by atoms with E-state index in [0.29, 0.717) is 5.96 Å². The van der Waals surface area contributed by atoms with Gasteiger partial charge in [0.15, 0.2) is 5.96 Å². The van der Waals surface area contributed by atoms with Gasteiger partial charge in [0.2, 0.25) is 0 Å². The second kappa shape index (κ2) is 6.56. The molecule has 2 aromatic carbocycles. The van der Waals surface area contributed by atoms with Gasteiger partial charge in [0.25, 0.3) is 0 Å². The average Bonchev–Trinajstić information content (AvgIpc) is 2.86. The molecule has 0 amide bonds. The zero-order valence-electron chi connectivity index (χ0n) is 14.6. The van der Waals surface area contributed by atoms with Crippen LogP contribution in [0.1, 0.15) is 18.9 Å². The van der Waals surface area contributed by atoms with Crippen LogP contribution in [0, 0.1) is 0 Å². The van der Waals surface area contributed by atoms with E-state index in [1.165, 1.54) is 16.7 Å². The number of hydrogen-bond donors (Lipinski definition) is 1. The van der Waals surface area contributed by atoms with Gasteiger partial charge in [-0.2, -0.15) is 0 Å². The van der Waals surface area contributed by atoms with Crippen LogP contribution in [0.4, 0.5) is 0 Å². The van der Waals surface area contributed by atoms with Gasteiger partial charge in [-0.1, -0.05) is 36.4 Å². The highest BCUT2D eigenvalue weighted by molar-refractivity contribution is 5.80. The molecule has 0 aromatic heterocycles. The first kappa shape index (κ1) is 16.4. The lowest BCUT2D eigenvalue weighted by molar-refractivity contribution is 0.377. The van der Waals surface area contributed by atoms with Gasteiger partial charge in [-0.05, 0) is 48.6 Å². The fraction of sp³-hybridized carbons (Fsp3) is 0.350. The molecule has 0 spiro atoms. The van der Waals surface area contributed by atoms with Gasteiger partial charge in [-0.3, -0.25) is 0 Å². The van der Waals surface area contributed by atoms with Gasteiger partial charge >= 0.3 is 0 Å². The minimum Gasteiger partial charge on any atom is -0.497 e. The molecule has 126 valence electrons. The molecule has 1 aliphatic rings. The van der Waals surface area contributed by atoms with Crippen molar-refractivity contribution in [2.24, 2.45) is 10.7 Å². The van der Waals surface area contributed by atoms with Crippen LogP contribution in [0.25, 0.3) is 11.1 Å². The van der Waals surface area contributed by atoms with E-state index < -0.39 is 0 Å². The van der Waals surface area contributed by atoms with Crippen LogP contribution in [-0.2, 0) is 6.42 Å². The summed E-state index contributed by atoms with van der Waals surface area (Å²) in [6, 6.07) is 16.9. The molecule has 0 radical (unpaired) electrons. The number of guanidine groups is 1. The highest BCUT2D eigenvalue weighted by Gasteiger charge is 2.31. The summed E-state index contributed by atoms with van der Waals surface area (Å²) in [6.07, 6.45) is 1.97. The monoisotopic (exact) mass is 323 g/mol. The number of methoxy groups -OCH3 is 1. The van der Waals surface area contributed by atoms with Crippen molar-refractivity contribution < 1.29 is 4.74 Å². The molecule has 0 saturated heterocycles. The minimum absolute atomic E-state index is 0.0925. The second-order valence-corrected chi connectivity index (χ2v) is 6.76. The van der Waals surface area contributed by atoms with Crippen molar-refractivity contribution in [3.8, 4) is 16.9 Å². The van der Waals surface area contributed by atoms with Gasteiger partial charge in [0.1, 0.15) is 5.75 Å². The topological polar surface area (TPSA) is 50.9 Å². The fourth-order valence-corrected chi connectivity index (χ4v) is 3.25. The lowest BCUT2D eigenvalue weighted by atomic mass is 9.93. The molecule has 4 nitrogen and oxygen atoms in total. The Morgan fingerprint density at radius 1 is 1.17 bits per heavy atom. The SMILES string of the molecule is COc1cccc(-c2cccc(CCC3(C)CN(C)C(N)=N3)c2)c1. The molecular formula is C20H25N3O. The van der Waals surface area contributed by atoms with Crippen molar-refractivity contribution in [2.75, 3.05) is 20.7 Å². The fourth-order valence-electron chi connectivity index (χ4n) is 3.25. The molecule has 2 N–H and O–H groups in total. The highest BCUT2D eigenvalue weighted by atomic mass is 16.5. The lowest BCUT2D eigenvalue weighted by Gasteiger charge is -2.21. The van der Waals surface area contributed by atoms with E-state index in [4.69, 9.17) is 10.5 Å². The van der Waals surface area contributed by atoms with Gasteiger partial charge in [-0.15, -0.1) is 0 Å². The maximum Gasteiger partial charge on any atom is 0.191 e.